The summed E-state index contributed by atoms with van der Waals surface area (Å²) in [5.41, 5.74) is 3.19. The van der Waals surface area contributed by atoms with E-state index in [2.05, 4.69) is 21.4 Å². The summed E-state index contributed by atoms with van der Waals surface area (Å²) in [7, 11) is -1.73. The number of H-pyrrole nitrogens is 1. The second kappa shape index (κ2) is 8.29. The van der Waals surface area contributed by atoms with E-state index in [9.17, 15) is 18.1 Å². The number of anilines is 1. The molecule has 0 saturated heterocycles. The maximum absolute atomic E-state index is 13.3. The summed E-state index contributed by atoms with van der Waals surface area (Å²) in [5, 5.41) is 13.9. The highest BCUT2D eigenvalue weighted by molar-refractivity contribution is 7.88. The van der Waals surface area contributed by atoms with Crippen LogP contribution < -0.4 is 5.32 Å². The van der Waals surface area contributed by atoms with Crippen LogP contribution >= 0.6 is 0 Å². The molecule has 4 rings (SSSR count). The zero-order valence-electron chi connectivity index (χ0n) is 17.4. The topological polar surface area (TPSA) is 102 Å². The third kappa shape index (κ3) is 4.27. The van der Waals surface area contributed by atoms with Crippen molar-refractivity contribution in [1.82, 2.24) is 14.3 Å². The van der Waals surface area contributed by atoms with Gasteiger partial charge in [-0.15, -0.1) is 0 Å². The zero-order valence-corrected chi connectivity index (χ0v) is 18.2. The fourth-order valence-corrected chi connectivity index (χ4v) is 4.99. The predicted octanol–water partition coefficient (Wildman–Crippen LogP) is 3.86. The molecule has 0 amide bonds. The van der Waals surface area contributed by atoms with Crippen LogP contribution in [0.5, 0.6) is 0 Å². The molecule has 1 aliphatic carbocycles. The van der Waals surface area contributed by atoms with Gasteiger partial charge in [-0.05, 0) is 48.7 Å². The minimum atomic E-state index is -3.34. The van der Waals surface area contributed by atoms with E-state index in [-0.39, 0.29) is 17.9 Å². The smallest absolute Gasteiger partial charge is 0.211 e. The number of sulfonamides is 1. The molecule has 7 nitrogen and oxygen atoms in total. The van der Waals surface area contributed by atoms with Gasteiger partial charge in [0, 0.05) is 36.4 Å². The number of nitrogens with zero attached hydrogens (tertiary/aromatic N) is 3. The number of pyridine rings is 1. The Morgan fingerprint density at radius 2 is 1.97 bits per heavy atom. The number of aromatic nitrogens is 2. The van der Waals surface area contributed by atoms with Crippen LogP contribution in [0.2, 0.25) is 0 Å². The fourth-order valence-electron chi connectivity index (χ4n) is 4.25. The van der Waals surface area contributed by atoms with Gasteiger partial charge in [-0.25, -0.2) is 22.1 Å². The molecule has 9 heteroatoms. The number of nitriles is 1. The molecule has 31 heavy (non-hydrogen) atoms. The molecule has 2 heterocycles. The number of fused-ring (bicyclic) bond motifs is 1. The van der Waals surface area contributed by atoms with Crippen LogP contribution in [0.25, 0.3) is 22.3 Å². The molecule has 0 bridgehead atoms. The molecular formula is C22H24FN5O2S. The van der Waals surface area contributed by atoms with Crippen molar-refractivity contribution in [2.75, 3.05) is 18.6 Å². The van der Waals surface area contributed by atoms with Crippen molar-refractivity contribution < 1.29 is 12.8 Å². The van der Waals surface area contributed by atoms with Crippen LogP contribution in [-0.2, 0) is 10.0 Å². The van der Waals surface area contributed by atoms with Gasteiger partial charge in [0.2, 0.25) is 10.0 Å². The Morgan fingerprint density at radius 3 is 2.65 bits per heavy atom. The maximum Gasteiger partial charge on any atom is 0.211 e. The van der Waals surface area contributed by atoms with Gasteiger partial charge >= 0.3 is 0 Å². The molecule has 1 fully saturated rings. The average Bonchev–Trinajstić information content (AvgIpc) is 3.18. The summed E-state index contributed by atoms with van der Waals surface area (Å²) in [5.74, 6) is -0.314. The molecule has 2 unspecified atom stereocenters. The van der Waals surface area contributed by atoms with Crippen molar-refractivity contribution >= 4 is 26.7 Å². The number of rotatable bonds is 5. The van der Waals surface area contributed by atoms with E-state index in [1.807, 2.05) is 6.07 Å². The number of aromatic amines is 1. The summed E-state index contributed by atoms with van der Waals surface area (Å²) >= 11 is 0. The second-order valence-corrected chi connectivity index (χ2v) is 10.0. The summed E-state index contributed by atoms with van der Waals surface area (Å²) in [4.78, 5) is 7.59. The van der Waals surface area contributed by atoms with E-state index < -0.39 is 10.0 Å². The fraction of sp³-hybridized carbons (Fsp3) is 0.364. The van der Waals surface area contributed by atoms with Gasteiger partial charge in [-0.3, -0.25) is 0 Å². The quantitative estimate of drug-likeness (QED) is 0.626. The Bertz CT molecular complexity index is 1250. The highest BCUT2D eigenvalue weighted by atomic mass is 32.2. The molecule has 3 aromatic rings. The number of hydrogen-bond donors (Lipinski definition) is 2. The molecule has 1 aromatic carbocycles. The highest BCUT2D eigenvalue weighted by Gasteiger charge is 2.33. The molecule has 0 aliphatic heterocycles. The monoisotopic (exact) mass is 441 g/mol. The van der Waals surface area contributed by atoms with Gasteiger partial charge < -0.3 is 10.3 Å². The summed E-state index contributed by atoms with van der Waals surface area (Å²) in [6.45, 7) is 0. The van der Waals surface area contributed by atoms with E-state index in [1.54, 1.807) is 19.2 Å². The van der Waals surface area contributed by atoms with Gasteiger partial charge in [0.05, 0.1) is 17.5 Å². The van der Waals surface area contributed by atoms with Crippen LogP contribution in [0.3, 0.4) is 0 Å². The third-order valence-electron chi connectivity index (χ3n) is 5.98. The number of halogens is 1. The van der Waals surface area contributed by atoms with Crippen molar-refractivity contribution in [3.63, 3.8) is 0 Å². The maximum atomic E-state index is 13.3. The van der Waals surface area contributed by atoms with Crippen molar-refractivity contribution in [2.24, 2.45) is 0 Å². The molecule has 0 radical (unpaired) electrons. The van der Waals surface area contributed by atoms with Crippen LogP contribution in [0.15, 0.2) is 36.5 Å². The lowest BCUT2D eigenvalue weighted by Gasteiger charge is -2.37. The van der Waals surface area contributed by atoms with Crippen LogP contribution in [0.4, 0.5) is 10.1 Å². The Balaban J connectivity index is 1.75. The first-order valence-corrected chi connectivity index (χ1v) is 12.0. The first kappa shape index (κ1) is 21.3. The number of likely N-dealkylation sites (N-methyl/N-ethyl adjacent to an activating group) is 1. The minimum absolute atomic E-state index is 0.129. The molecule has 2 aromatic heterocycles. The Kier molecular flexibility index (Phi) is 5.69. The van der Waals surface area contributed by atoms with Crippen LogP contribution in [0.1, 0.15) is 31.2 Å². The molecule has 0 spiro atoms. The lowest BCUT2D eigenvalue weighted by atomic mass is 9.90. The SMILES string of the molecule is CN(C1CCCCC1Nc1c(C#N)cnc2[nH]c(-c3ccc(F)cc3)cc12)S(C)(=O)=O. The summed E-state index contributed by atoms with van der Waals surface area (Å²) in [6.07, 6.45) is 6.22. The average molecular weight is 442 g/mol. The molecule has 1 saturated carbocycles. The second-order valence-electron chi connectivity index (χ2n) is 7.99. The highest BCUT2D eigenvalue weighted by Crippen LogP contribution is 2.34. The molecular weight excluding hydrogens is 417 g/mol. The molecule has 162 valence electrons. The Labute approximate surface area is 181 Å². The Hall–Kier alpha value is -2.96. The lowest BCUT2D eigenvalue weighted by molar-refractivity contribution is 0.265. The largest absolute Gasteiger partial charge is 0.379 e. The standard InChI is InChI=1S/C22H24FN5O2S/c1-28(31(2,29)30)20-6-4-3-5-18(20)26-21-15(12-24)13-25-22-17(21)11-19(27-22)14-7-9-16(23)10-8-14/h7-11,13,18,20H,3-6H2,1-2H3,(H2,25,26,27). The van der Waals surface area contributed by atoms with Crippen molar-refractivity contribution in [3.8, 4) is 17.3 Å². The normalized spacial score (nSPS) is 19.5. The molecule has 2 N–H and O–H groups in total. The van der Waals surface area contributed by atoms with Gasteiger partial charge in [-0.2, -0.15) is 5.26 Å². The molecule has 2 atom stereocenters. The van der Waals surface area contributed by atoms with Gasteiger partial charge in [-0.1, -0.05) is 12.8 Å². The van der Waals surface area contributed by atoms with Crippen molar-refractivity contribution in [2.45, 2.75) is 37.8 Å². The first-order valence-electron chi connectivity index (χ1n) is 10.1. The van der Waals surface area contributed by atoms with E-state index in [1.165, 1.54) is 28.9 Å². The van der Waals surface area contributed by atoms with Crippen LogP contribution in [-0.4, -0.2) is 48.1 Å². The van der Waals surface area contributed by atoms with Gasteiger partial charge in [0.15, 0.2) is 0 Å². The number of hydrogen-bond acceptors (Lipinski definition) is 5. The number of nitrogens with one attached hydrogen (secondary N) is 2. The summed E-state index contributed by atoms with van der Waals surface area (Å²) in [6, 6.07) is 9.88. The minimum Gasteiger partial charge on any atom is -0.379 e. The molecule has 1 aliphatic rings. The van der Waals surface area contributed by atoms with E-state index in [0.29, 0.717) is 16.9 Å². The van der Waals surface area contributed by atoms with Gasteiger partial charge in [0.25, 0.3) is 0 Å². The predicted molar refractivity (Wildman–Crippen MR) is 118 cm³/mol. The lowest BCUT2D eigenvalue weighted by Crippen LogP contribution is -2.49. The summed E-state index contributed by atoms with van der Waals surface area (Å²) < 4.78 is 39.0. The van der Waals surface area contributed by atoms with E-state index in [0.717, 1.165) is 42.3 Å². The van der Waals surface area contributed by atoms with Crippen molar-refractivity contribution in [3.05, 3.63) is 47.9 Å². The third-order valence-corrected chi connectivity index (χ3v) is 7.30. The van der Waals surface area contributed by atoms with E-state index in [4.69, 9.17) is 0 Å². The number of benzene rings is 1. The zero-order chi connectivity index (χ0) is 22.2. The van der Waals surface area contributed by atoms with Crippen molar-refractivity contribution in [1.29, 1.82) is 5.26 Å². The van der Waals surface area contributed by atoms with E-state index >= 15 is 0 Å². The first-order chi connectivity index (χ1) is 14.8. The Morgan fingerprint density at radius 1 is 1.26 bits per heavy atom. The van der Waals surface area contributed by atoms with Gasteiger partial charge in [0.1, 0.15) is 17.5 Å². The van der Waals surface area contributed by atoms with Crippen LogP contribution in [0, 0.1) is 17.1 Å².